The number of rotatable bonds is 5. The van der Waals surface area contributed by atoms with Gasteiger partial charge in [0.25, 0.3) is 0 Å². The molecule has 7 heteroatoms. The summed E-state index contributed by atoms with van der Waals surface area (Å²) in [7, 11) is 0. The van der Waals surface area contributed by atoms with Crippen molar-refractivity contribution in [1.29, 1.82) is 0 Å². The quantitative estimate of drug-likeness (QED) is 0.444. The number of aromatic nitrogens is 2. The van der Waals surface area contributed by atoms with Crippen LogP contribution in [-0.4, -0.2) is 15.9 Å². The maximum atomic E-state index is 12.2. The van der Waals surface area contributed by atoms with Crippen molar-refractivity contribution >= 4 is 28.6 Å². The normalized spacial score (nSPS) is 10.8. The van der Waals surface area contributed by atoms with Gasteiger partial charge in [-0.15, -0.1) is 22.7 Å². The summed E-state index contributed by atoms with van der Waals surface area (Å²) in [4.78, 5) is 21.9. The van der Waals surface area contributed by atoms with Crippen LogP contribution in [0.3, 0.4) is 0 Å². The first kappa shape index (κ1) is 16.7. The summed E-state index contributed by atoms with van der Waals surface area (Å²) in [5, 5.41) is 4.50. The van der Waals surface area contributed by atoms with Crippen molar-refractivity contribution in [2.45, 2.75) is 13.5 Å². The van der Waals surface area contributed by atoms with E-state index >= 15 is 0 Å². The molecule has 3 aromatic heterocycles. The SMILES string of the molecule is Cc1ccc(-c2nc(COC(=O)c3csc(-c4cccs4)n3)co2)cc1. The van der Waals surface area contributed by atoms with Crippen LogP contribution in [0.5, 0.6) is 0 Å². The average Bonchev–Trinajstić information content (AvgIpc) is 3.41. The van der Waals surface area contributed by atoms with Crippen LogP contribution in [0.1, 0.15) is 21.7 Å². The highest BCUT2D eigenvalue weighted by Gasteiger charge is 2.15. The van der Waals surface area contributed by atoms with E-state index in [0.29, 0.717) is 17.3 Å². The molecule has 0 spiro atoms. The van der Waals surface area contributed by atoms with Gasteiger partial charge in [0.2, 0.25) is 5.89 Å². The van der Waals surface area contributed by atoms with Crippen LogP contribution in [0.4, 0.5) is 0 Å². The first-order valence-electron chi connectivity index (χ1n) is 7.87. The van der Waals surface area contributed by atoms with E-state index in [1.165, 1.54) is 23.2 Å². The predicted octanol–water partition coefficient (Wildman–Crippen LogP) is 5.19. The Morgan fingerprint density at radius 2 is 2.00 bits per heavy atom. The van der Waals surface area contributed by atoms with E-state index in [0.717, 1.165) is 15.4 Å². The number of carbonyl (C=O) groups is 1. The molecule has 0 amide bonds. The molecule has 5 nitrogen and oxygen atoms in total. The number of nitrogens with zero attached hydrogens (tertiary/aromatic N) is 2. The average molecular weight is 382 g/mol. The van der Waals surface area contributed by atoms with Gasteiger partial charge >= 0.3 is 5.97 Å². The topological polar surface area (TPSA) is 65.2 Å². The molecule has 0 aliphatic rings. The molecular weight excluding hydrogens is 368 g/mol. The third kappa shape index (κ3) is 3.58. The van der Waals surface area contributed by atoms with Crippen LogP contribution in [0, 0.1) is 6.92 Å². The number of thiazole rings is 1. The lowest BCUT2D eigenvalue weighted by molar-refractivity contribution is 0.0462. The number of thiophene rings is 1. The molecule has 130 valence electrons. The Balaban J connectivity index is 1.40. The molecule has 0 aliphatic carbocycles. The smallest absolute Gasteiger partial charge is 0.358 e. The number of hydrogen-bond donors (Lipinski definition) is 0. The van der Waals surface area contributed by atoms with Gasteiger partial charge in [0.15, 0.2) is 5.69 Å². The van der Waals surface area contributed by atoms with Crippen molar-refractivity contribution in [3.63, 3.8) is 0 Å². The van der Waals surface area contributed by atoms with Crippen molar-refractivity contribution in [3.8, 4) is 21.3 Å². The lowest BCUT2D eigenvalue weighted by Gasteiger charge is -1.99. The van der Waals surface area contributed by atoms with E-state index in [2.05, 4.69) is 9.97 Å². The Morgan fingerprint density at radius 3 is 2.77 bits per heavy atom. The number of carbonyl (C=O) groups excluding carboxylic acids is 1. The number of oxazole rings is 1. The lowest BCUT2D eigenvalue weighted by Crippen LogP contribution is -2.05. The molecule has 0 saturated carbocycles. The minimum Gasteiger partial charge on any atom is -0.454 e. The highest BCUT2D eigenvalue weighted by Crippen LogP contribution is 2.28. The summed E-state index contributed by atoms with van der Waals surface area (Å²) in [5.41, 5.74) is 2.91. The van der Waals surface area contributed by atoms with Crippen molar-refractivity contribution in [1.82, 2.24) is 9.97 Å². The molecule has 0 radical (unpaired) electrons. The number of esters is 1. The van der Waals surface area contributed by atoms with Gasteiger partial charge in [-0.3, -0.25) is 0 Å². The van der Waals surface area contributed by atoms with Crippen LogP contribution in [-0.2, 0) is 11.3 Å². The molecule has 26 heavy (non-hydrogen) atoms. The van der Waals surface area contributed by atoms with Crippen molar-refractivity contribution in [2.75, 3.05) is 0 Å². The standard InChI is InChI=1S/C19H14N2O3S2/c1-12-4-6-13(7-5-12)17-20-14(9-23-17)10-24-19(22)15-11-26-18(21-15)16-3-2-8-25-16/h2-9,11H,10H2,1H3. The van der Waals surface area contributed by atoms with Crippen LogP contribution in [0.25, 0.3) is 21.3 Å². The summed E-state index contributed by atoms with van der Waals surface area (Å²) in [6, 6.07) is 11.8. The van der Waals surface area contributed by atoms with Gasteiger partial charge < -0.3 is 9.15 Å². The number of ether oxygens (including phenoxy) is 1. The number of hydrogen-bond acceptors (Lipinski definition) is 7. The Labute approximate surface area is 157 Å². The third-order valence-corrected chi connectivity index (χ3v) is 5.53. The van der Waals surface area contributed by atoms with E-state index in [-0.39, 0.29) is 6.61 Å². The molecular formula is C19H14N2O3S2. The molecule has 0 atom stereocenters. The Bertz CT molecular complexity index is 1020. The van der Waals surface area contributed by atoms with Crippen LogP contribution >= 0.6 is 22.7 Å². The molecule has 1 aromatic carbocycles. The zero-order valence-electron chi connectivity index (χ0n) is 13.8. The molecule has 0 unspecified atom stereocenters. The Kier molecular flexibility index (Phi) is 4.64. The van der Waals surface area contributed by atoms with Gasteiger partial charge in [0.1, 0.15) is 23.6 Å². The summed E-state index contributed by atoms with van der Waals surface area (Å²) in [6.07, 6.45) is 1.50. The van der Waals surface area contributed by atoms with Crippen LogP contribution in [0.2, 0.25) is 0 Å². The zero-order chi connectivity index (χ0) is 17.9. The fourth-order valence-electron chi connectivity index (χ4n) is 2.30. The summed E-state index contributed by atoms with van der Waals surface area (Å²) >= 11 is 3.01. The van der Waals surface area contributed by atoms with E-state index < -0.39 is 5.97 Å². The zero-order valence-corrected chi connectivity index (χ0v) is 15.5. The molecule has 0 saturated heterocycles. The van der Waals surface area contributed by atoms with Crippen molar-refractivity contribution < 1.29 is 13.9 Å². The maximum absolute atomic E-state index is 12.2. The van der Waals surface area contributed by atoms with E-state index in [9.17, 15) is 4.79 Å². The van der Waals surface area contributed by atoms with Gasteiger partial charge in [0, 0.05) is 10.9 Å². The summed E-state index contributed by atoms with van der Waals surface area (Å²) in [6.45, 7) is 2.06. The first-order chi connectivity index (χ1) is 12.7. The largest absolute Gasteiger partial charge is 0.454 e. The van der Waals surface area contributed by atoms with Gasteiger partial charge in [-0.1, -0.05) is 23.8 Å². The molecule has 4 rings (SSSR count). The molecule has 0 fully saturated rings. The maximum Gasteiger partial charge on any atom is 0.358 e. The predicted molar refractivity (Wildman–Crippen MR) is 101 cm³/mol. The number of benzene rings is 1. The van der Waals surface area contributed by atoms with Crippen molar-refractivity contribution in [3.05, 3.63) is 70.4 Å². The first-order valence-corrected chi connectivity index (χ1v) is 9.63. The van der Waals surface area contributed by atoms with Gasteiger partial charge in [0.05, 0.1) is 4.88 Å². The minimum atomic E-state index is -0.469. The highest BCUT2D eigenvalue weighted by atomic mass is 32.1. The van der Waals surface area contributed by atoms with Gasteiger partial charge in [-0.25, -0.2) is 14.8 Å². The fraction of sp³-hybridized carbons (Fsp3) is 0.105. The second kappa shape index (κ2) is 7.23. The highest BCUT2D eigenvalue weighted by molar-refractivity contribution is 7.20. The molecule has 0 aliphatic heterocycles. The van der Waals surface area contributed by atoms with E-state index in [1.807, 2.05) is 48.7 Å². The van der Waals surface area contributed by atoms with Gasteiger partial charge in [-0.05, 0) is 30.5 Å². The van der Waals surface area contributed by atoms with Crippen LogP contribution in [0.15, 0.2) is 57.8 Å². The monoisotopic (exact) mass is 382 g/mol. The summed E-state index contributed by atoms with van der Waals surface area (Å²) < 4.78 is 10.8. The number of aryl methyl sites for hydroxylation is 1. The Hall–Kier alpha value is -2.77. The van der Waals surface area contributed by atoms with E-state index in [1.54, 1.807) is 16.7 Å². The third-order valence-electron chi connectivity index (χ3n) is 3.65. The fourth-order valence-corrected chi connectivity index (χ4v) is 3.90. The molecule has 4 aromatic rings. The molecule has 0 bridgehead atoms. The molecule has 0 N–H and O–H groups in total. The second-order valence-corrected chi connectivity index (χ2v) is 7.41. The molecule has 3 heterocycles. The van der Waals surface area contributed by atoms with Crippen LogP contribution < -0.4 is 0 Å². The van der Waals surface area contributed by atoms with Crippen molar-refractivity contribution in [2.24, 2.45) is 0 Å². The lowest BCUT2D eigenvalue weighted by atomic mass is 10.1. The van der Waals surface area contributed by atoms with Gasteiger partial charge in [-0.2, -0.15) is 0 Å². The minimum absolute atomic E-state index is 0.0417. The second-order valence-electron chi connectivity index (χ2n) is 5.60. The Morgan fingerprint density at radius 1 is 1.15 bits per heavy atom. The van der Waals surface area contributed by atoms with E-state index in [4.69, 9.17) is 9.15 Å². The summed E-state index contributed by atoms with van der Waals surface area (Å²) in [5.74, 6) is 0.0358.